The number of benzene rings is 1. The van der Waals surface area contributed by atoms with Crippen LogP contribution in [0.25, 0.3) is 0 Å². The number of carbonyl (C=O) groups is 2. The van der Waals surface area contributed by atoms with Crippen LogP contribution in [0.1, 0.15) is 39.7 Å². The first-order valence-electron chi connectivity index (χ1n) is 8.96. The number of rotatable bonds is 3. The molecule has 2 heterocycles. The minimum absolute atomic E-state index is 0.0386. The Bertz CT molecular complexity index is 701. The zero-order valence-corrected chi connectivity index (χ0v) is 15.2. The Morgan fingerprint density at radius 1 is 1.04 bits per heavy atom. The van der Waals surface area contributed by atoms with Crippen molar-refractivity contribution in [3.05, 3.63) is 35.9 Å². The summed E-state index contributed by atoms with van der Waals surface area (Å²) in [4.78, 5) is 26.9. The first-order valence-corrected chi connectivity index (χ1v) is 8.96. The standard InChI is InChI=1S/C19H24BNO4/c1-18(2)19(3,4)25-20(24-18)14-10-13-15(14)17(23)21(16(13)22)11-12-8-6-5-7-9-12/h5-9,13-15H,10-11H2,1-4H3. The summed E-state index contributed by atoms with van der Waals surface area (Å²) in [5, 5.41) is 0. The Hall–Kier alpha value is -1.66. The van der Waals surface area contributed by atoms with Gasteiger partial charge in [-0.15, -0.1) is 0 Å². The number of hydrogen-bond donors (Lipinski definition) is 0. The van der Waals surface area contributed by atoms with Crippen LogP contribution in [0.5, 0.6) is 0 Å². The summed E-state index contributed by atoms with van der Waals surface area (Å²) in [5.74, 6) is -0.675. The van der Waals surface area contributed by atoms with Gasteiger partial charge < -0.3 is 9.31 Å². The minimum atomic E-state index is -0.419. The third kappa shape index (κ3) is 2.46. The molecule has 2 aliphatic heterocycles. The maximum atomic E-state index is 12.9. The number of fused-ring (bicyclic) bond motifs is 1. The van der Waals surface area contributed by atoms with Crippen LogP contribution >= 0.6 is 0 Å². The van der Waals surface area contributed by atoms with E-state index in [-0.39, 0.29) is 29.5 Å². The van der Waals surface area contributed by atoms with Crippen LogP contribution in [0, 0.1) is 11.8 Å². The van der Waals surface area contributed by atoms with Gasteiger partial charge in [0.2, 0.25) is 11.8 Å². The number of carbonyl (C=O) groups excluding carboxylic acids is 2. The van der Waals surface area contributed by atoms with Crippen molar-refractivity contribution < 1.29 is 18.9 Å². The van der Waals surface area contributed by atoms with E-state index in [2.05, 4.69) is 0 Å². The van der Waals surface area contributed by atoms with Crippen LogP contribution in [0.15, 0.2) is 30.3 Å². The molecule has 25 heavy (non-hydrogen) atoms. The molecular formula is C19H24BNO4. The summed E-state index contributed by atoms with van der Waals surface area (Å²) in [6.07, 6.45) is 0.664. The molecule has 3 unspecified atom stereocenters. The highest BCUT2D eigenvalue weighted by Crippen LogP contribution is 2.56. The van der Waals surface area contributed by atoms with Crippen LogP contribution in [-0.2, 0) is 25.4 Å². The molecule has 3 atom stereocenters. The molecule has 4 rings (SSSR count). The van der Waals surface area contributed by atoms with Gasteiger partial charge in [-0.3, -0.25) is 14.5 Å². The molecule has 0 radical (unpaired) electrons. The second-order valence-electron chi connectivity index (χ2n) is 8.40. The molecule has 1 aromatic carbocycles. The van der Waals surface area contributed by atoms with Crippen LogP contribution in [-0.4, -0.2) is 35.0 Å². The molecule has 0 bridgehead atoms. The molecule has 0 aromatic heterocycles. The van der Waals surface area contributed by atoms with E-state index in [0.29, 0.717) is 13.0 Å². The first kappa shape index (κ1) is 16.8. The van der Waals surface area contributed by atoms with Gasteiger partial charge in [-0.05, 0) is 39.7 Å². The smallest absolute Gasteiger partial charge is 0.403 e. The third-order valence-corrected chi connectivity index (χ3v) is 6.36. The maximum absolute atomic E-state index is 12.9. The van der Waals surface area contributed by atoms with E-state index in [1.54, 1.807) is 0 Å². The van der Waals surface area contributed by atoms with Crippen molar-refractivity contribution in [2.75, 3.05) is 0 Å². The number of amides is 2. The normalized spacial score (nSPS) is 32.7. The van der Waals surface area contributed by atoms with Crippen molar-refractivity contribution in [3.8, 4) is 0 Å². The zero-order valence-electron chi connectivity index (χ0n) is 15.2. The lowest BCUT2D eigenvalue weighted by molar-refractivity contribution is -0.140. The first-order chi connectivity index (χ1) is 11.7. The Labute approximate surface area is 148 Å². The van der Waals surface area contributed by atoms with E-state index in [9.17, 15) is 9.59 Å². The Morgan fingerprint density at radius 3 is 2.24 bits per heavy atom. The monoisotopic (exact) mass is 341 g/mol. The van der Waals surface area contributed by atoms with Gasteiger partial charge in [-0.25, -0.2) is 0 Å². The number of hydrogen-bond acceptors (Lipinski definition) is 4. The van der Waals surface area contributed by atoms with E-state index < -0.39 is 18.3 Å². The van der Waals surface area contributed by atoms with E-state index in [4.69, 9.17) is 9.31 Å². The summed E-state index contributed by atoms with van der Waals surface area (Å²) in [6.45, 7) is 8.37. The summed E-state index contributed by atoms with van der Waals surface area (Å²) in [6, 6.07) is 9.64. The van der Waals surface area contributed by atoms with Crippen LogP contribution in [0.4, 0.5) is 0 Å². The van der Waals surface area contributed by atoms with E-state index in [0.717, 1.165) is 5.56 Å². The Balaban J connectivity index is 1.50. The molecule has 3 fully saturated rings. The van der Waals surface area contributed by atoms with Crippen molar-refractivity contribution >= 4 is 18.9 Å². The van der Waals surface area contributed by atoms with Gasteiger partial charge in [0.05, 0.1) is 23.7 Å². The van der Waals surface area contributed by atoms with Crippen molar-refractivity contribution in [3.63, 3.8) is 0 Å². The lowest BCUT2D eigenvalue weighted by Crippen LogP contribution is -2.44. The summed E-state index contributed by atoms with van der Waals surface area (Å²) >= 11 is 0. The molecule has 0 spiro atoms. The van der Waals surface area contributed by atoms with Crippen molar-refractivity contribution in [1.82, 2.24) is 4.90 Å². The van der Waals surface area contributed by atoms with Gasteiger partial charge in [-0.2, -0.15) is 0 Å². The lowest BCUT2D eigenvalue weighted by atomic mass is 9.50. The largest absolute Gasteiger partial charge is 0.462 e. The van der Waals surface area contributed by atoms with Crippen molar-refractivity contribution in [2.45, 2.75) is 57.7 Å². The summed E-state index contributed by atoms with van der Waals surface area (Å²) < 4.78 is 12.2. The molecule has 1 saturated carbocycles. The molecular weight excluding hydrogens is 317 g/mol. The molecule has 1 aromatic rings. The topological polar surface area (TPSA) is 55.8 Å². The average Bonchev–Trinajstić information content (AvgIpc) is 2.81. The van der Waals surface area contributed by atoms with E-state index >= 15 is 0 Å². The number of likely N-dealkylation sites (tertiary alicyclic amines) is 1. The van der Waals surface area contributed by atoms with Crippen molar-refractivity contribution in [2.24, 2.45) is 11.8 Å². The van der Waals surface area contributed by atoms with Crippen LogP contribution < -0.4 is 0 Å². The van der Waals surface area contributed by atoms with Gasteiger partial charge in [0.15, 0.2) is 0 Å². The Morgan fingerprint density at radius 2 is 1.64 bits per heavy atom. The number of imide groups is 1. The highest BCUT2D eigenvalue weighted by Gasteiger charge is 2.66. The lowest BCUT2D eigenvalue weighted by Gasteiger charge is -2.37. The molecule has 132 valence electrons. The van der Waals surface area contributed by atoms with Gasteiger partial charge in [0.1, 0.15) is 0 Å². The molecule has 5 nitrogen and oxygen atoms in total. The predicted molar refractivity (Wildman–Crippen MR) is 93.4 cm³/mol. The highest BCUT2D eigenvalue weighted by molar-refractivity contribution is 6.49. The number of nitrogens with zero attached hydrogens (tertiary/aromatic N) is 1. The molecule has 1 aliphatic carbocycles. The maximum Gasteiger partial charge on any atom is 0.462 e. The van der Waals surface area contributed by atoms with Gasteiger partial charge in [-0.1, -0.05) is 30.3 Å². The zero-order chi connectivity index (χ0) is 18.0. The van der Waals surface area contributed by atoms with Gasteiger partial charge in [0, 0.05) is 11.7 Å². The third-order valence-electron chi connectivity index (χ3n) is 6.36. The van der Waals surface area contributed by atoms with Crippen LogP contribution in [0.2, 0.25) is 5.82 Å². The molecule has 2 saturated heterocycles. The fourth-order valence-electron chi connectivity index (χ4n) is 4.05. The van der Waals surface area contributed by atoms with Crippen LogP contribution in [0.3, 0.4) is 0 Å². The van der Waals surface area contributed by atoms with E-state index in [1.807, 2.05) is 58.0 Å². The van der Waals surface area contributed by atoms with Gasteiger partial charge in [0.25, 0.3) is 0 Å². The second-order valence-corrected chi connectivity index (χ2v) is 8.40. The average molecular weight is 341 g/mol. The molecule has 6 heteroatoms. The fourth-order valence-corrected chi connectivity index (χ4v) is 4.05. The van der Waals surface area contributed by atoms with E-state index in [1.165, 1.54) is 4.90 Å². The highest BCUT2D eigenvalue weighted by atomic mass is 16.7. The molecule has 3 aliphatic rings. The quantitative estimate of drug-likeness (QED) is 0.627. The summed E-state index contributed by atoms with van der Waals surface area (Å²) in [5.41, 5.74) is 0.133. The summed E-state index contributed by atoms with van der Waals surface area (Å²) in [7, 11) is -0.417. The Kier molecular flexibility index (Phi) is 3.64. The minimum Gasteiger partial charge on any atom is -0.403 e. The SMILES string of the molecule is CC1(C)OB(C2CC3C(=O)N(Cc4ccccc4)C(=O)C23)OC1(C)C. The fraction of sp³-hybridized carbons (Fsp3) is 0.579. The molecule has 0 N–H and O–H groups in total. The molecule has 2 amide bonds. The van der Waals surface area contributed by atoms with Gasteiger partial charge >= 0.3 is 7.12 Å². The predicted octanol–water partition coefficient (Wildman–Crippen LogP) is 2.65. The van der Waals surface area contributed by atoms with Crippen molar-refractivity contribution in [1.29, 1.82) is 0 Å². The second kappa shape index (κ2) is 5.42.